The van der Waals surface area contributed by atoms with Gasteiger partial charge in [0.2, 0.25) is 5.91 Å². The minimum atomic E-state index is 0.109. The van der Waals surface area contributed by atoms with E-state index in [1.54, 1.807) is 13.3 Å². The minimum Gasteiger partial charge on any atom is -0.273 e. The van der Waals surface area contributed by atoms with Gasteiger partial charge in [-0.3, -0.25) is 4.79 Å². The molecule has 0 aromatic heterocycles. The molecule has 0 radical (unpaired) electrons. The summed E-state index contributed by atoms with van der Waals surface area (Å²) < 4.78 is 0. The summed E-state index contributed by atoms with van der Waals surface area (Å²) in [5.41, 5.74) is 0. The highest BCUT2D eigenvalue weighted by molar-refractivity contribution is 5.84. The molecule has 3 nitrogen and oxygen atoms in total. The van der Waals surface area contributed by atoms with Gasteiger partial charge in [-0.1, -0.05) is 6.92 Å². The normalized spacial score (nSPS) is 27.1. The molecule has 9 heavy (non-hydrogen) atoms. The largest absolute Gasteiger partial charge is 0.273 e. The Bertz CT molecular complexity index is 153. The summed E-state index contributed by atoms with van der Waals surface area (Å²) in [4.78, 5) is 10.9. The minimum absolute atomic E-state index is 0.109. The molecule has 3 heteroatoms. The van der Waals surface area contributed by atoms with Crippen LogP contribution in [0.3, 0.4) is 0 Å². The summed E-state index contributed by atoms with van der Waals surface area (Å²) in [5, 5.41) is 5.20. The fourth-order valence-corrected chi connectivity index (χ4v) is 0.804. The topological polar surface area (TPSA) is 32.7 Å². The second-order valence-electron chi connectivity index (χ2n) is 2.30. The number of rotatable bonds is 0. The Morgan fingerprint density at radius 3 is 3.00 bits per heavy atom. The van der Waals surface area contributed by atoms with E-state index in [1.807, 2.05) is 6.92 Å². The number of carbonyl (C=O) groups excluding carboxylic acids is 1. The van der Waals surface area contributed by atoms with Crippen LogP contribution in [0.25, 0.3) is 0 Å². The molecule has 0 aromatic carbocycles. The first-order valence-corrected chi connectivity index (χ1v) is 3.02. The van der Waals surface area contributed by atoms with E-state index < -0.39 is 0 Å². The van der Waals surface area contributed by atoms with Crippen LogP contribution in [0.2, 0.25) is 0 Å². The summed E-state index contributed by atoms with van der Waals surface area (Å²) in [6.45, 7) is 1.91. The first-order chi connectivity index (χ1) is 4.22. The van der Waals surface area contributed by atoms with Crippen LogP contribution in [0.4, 0.5) is 0 Å². The third kappa shape index (κ3) is 1.09. The van der Waals surface area contributed by atoms with Crippen molar-refractivity contribution in [1.29, 1.82) is 0 Å². The Labute approximate surface area is 54.3 Å². The van der Waals surface area contributed by atoms with Crippen molar-refractivity contribution in [2.24, 2.45) is 11.0 Å². The highest BCUT2D eigenvalue weighted by Crippen LogP contribution is 2.08. The molecule has 0 aliphatic carbocycles. The van der Waals surface area contributed by atoms with E-state index >= 15 is 0 Å². The first-order valence-electron chi connectivity index (χ1n) is 3.02. The van der Waals surface area contributed by atoms with Gasteiger partial charge in [0.05, 0.1) is 0 Å². The maximum absolute atomic E-state index is 10.9. The zero-order chi connectivity index (χ0) is 6.85. The molecule has 0 aromatic rings. The summed E-state index contributed by atoms with van der Waals surface area (Å²) in [7, 11) is 1.68. The van der Waals surface area contributed by atoms with Crippen molar-refractivity contribution in [3.63, 3.8) is 0 Å². The Kier molecular flexibility index (Phi) is 1.51. The van der Waals surface area contributed by atoms with Crippen LogP contribution in [0.1, 0.15) is 13.3 Å². The van der Waals surface area contributed by atoms with Crippen LogP contribution in [0.5, 0.6) is 0 Å². The molecule has 50 valence electrons. The van der Waals surface area contributed by atoms with Crippen molar-refractivity contribution >= 4 is 12.1 Å². The van der Waals surface area contributed by atoms with E-state index in [4.69, 9.17) is 0 Å². The van der Waals surface area contributed by atoms with Gasteiger partial charge in [0, 0.05) is 19.2 Å². The molecule has 1 unspecified atom stereocenters. The quantitative estimate of drug-likeness (QED) is 0.464. The van der Waals surface area contributed by atoms with Crippen molar-refractivity contribution in [1.82, 2.24) is 5.01 Å². The number of hydrogen-bond donors (Lipinski definition) is 0. The van der Waals surface area contributed by atoms with Crippen molar-refractivity contribution in [2.45, 2.75) is 13.3 Å². The van der Waals surface area contributed by atoms with Gasteiger partial charge in [-0.2, -0.15) is 5.10 Å². The lowest BCUT2D eigenvalue weighted by molar-refractivity contribution is -0.134. The molecule has 0 saturated heterocycles. The zero-order valence-electron chi connectivity index (χ0n) is 5.66. The third-order valence-corrected chi connectivity index (χ3v) is 1.45. The number of nitrogens with zero attached hydrogens (tertiary/aromatic N) is 2. The molecule has 1 aliphatic rings. The highest BCUT2D eigenvalue weighted by atomic mass is 16.2. The van der Waals surface area contributed by atoms with Crippen LogP contribution in [-0.4, -0.2) is 24.2 Å². The van der Waals surface area contributed by atoms with Gasteiger partial charge in [0.25, 0.3) is 0 Å². The molecule has 1 heterocycles. The maximum Gasteiger partial charge on any atom is 0.245 e. The van der Waals surface area contributed by atoms with Crippen molar-refractivity contribution < 1.29 is 4.79 Å². The summed E-state index contributed by atoms with van der Waals surface area (Å²) in [6.07, 6.45) is 2.55. The van der Waals surface area contributed by atoms with Gasteiger partial charge < -0.3 is 0 Å². The van der Waals surface area contributed by atoms with Crippen LogP contribution >= 0.6 is 0 Å². The summed E-state index contributed by atoms with van der Waals surface area (Å²) in [5.74, 6) is 0.227. The van der Waals surface area contributed by atoms with Crippen molar-refractivity contribution in [3.05, 3.63) is 0 Å². The average Bonchev–Trinajstić information content (AvgIpc) is 1.83. The molecular formula is C6H10N2O. The molecular weight excluding hydrogens is 116 g/mol. The van der Waals surface area contributed by atoms with Gasteiger partial charge in [-0.05, 0) is 6.42 Å². The Hall–Kier alpha value is -0.860. The van der Waals surface area contributed by atoms with Gasteiger partial charge in [-0.25, -0.2) is 5.01 Å². The molecule has 0 fully saturated rings. The van der Waals surface area contributed by atoms with E-state index in [0.717, 1.165) is 6.42 Å². The fraction of sp³-hybridized carbons (Fsp3) is 0.667. The van der Waals surface area contributed by atoms with Crippen molar-refractivity contribution in [2.75, 3.05) is 7.05 Å². The van der Waals surface area contributed by atoms with E-state index in [-0.39, 0.29) is 11.8 Å². The predicted octanol–water partition coefficient (Wildman–Crippen LogP) is 0.470. The molecule has 0 saturated carbocycles. The van der Waals surface area contributed by atoms with Gasteiger partial charge in [0.1, 0.15) is 0 Å². The van der Waals surface area contributed by atoms with Crippen LogP contribution in [0.15, 0.2) is 5.10 Å². The summed E-state index contributed by atoms with van der Waals surface area (Å²) >= 11 is 0. The van der Waals surface area contributed by atoms with E-state index in [2.05, 4.69) is 5.10 Å². The SMILES string of the molecule is CC1CC=NN(C)C1=O. The molecule has 0 N–H and O–H groups in total. The highest BCUT2D eigenvalue weighted by Gasteiger charge is 2.18. The lowest BCUT2D eigenvalue weighted by Gasteiger charge is -2.19. The molecule has 0 bridgehead atoms. The second kappa shape index (κ2) is 2.17. The van der Waals surface area contributed by atoms with Crippen molar-refractivity contribution in [3.8, 4) is 0 Å². The number of hydrazone groups is 1. The Morgan fingerprint density at radius 2 is 2.56 bits per heavy atom. The molecule has 1 aliphatic heterocycles. The first kappa shape index (κ1) is 6.26. The second-order valence-corrected chi connectivity index (χ2v) is 2.30. The Balaban J connectivity index is 2.69. The zero-order valence-corrected chi connectivity index (χ0v) is 5.66. The van der Waals surface area contributed by atoms with E-state index in [9.17, 15) is 4.79 Å². The van der Waals surface area contributed by atoms with Crippen LogP contribution in [0, 0.1) is 5.92 Å². The number of carbonyl (C=O) groups is 1. The number of hydrogen-bond acceptors (Lipinski definition) is 2. The number of amides is 1. The lowest BCUT2D eigenvalue weighted by atomic mass is 10.1. The summed E-state index contributed by atoms with van der Waals surface area (Å²) in [6, 6.07) is 0. The van der Waals surface area contributed by atoms with Gasteiger partial charge >= 0.3 is 0 Å². The standard InChI is InChI=1S/C6H10N2O/c1-5-3-4-7-8(2)6(5)9/h4-5H,3H2,1-2H3. The fourth-order valence-electron chi connectivity index (χ4n) is 0.804. The third-order valence-electron chi connectivity index (χ3n) is 1.45. The smallest absolute Gasteiger partial charge is 0.245 e. The Morgan fingerprint density at radius 1 is 1.89 bits per heavy atom. The molecule has 0 spiro atoms. The predicted molar refractivity (Wildman–Crippen MR) is 35.0 cm³/mol. The van der Waals surface area contributed by atoms with Crippen LogP contribution < -0.4 is 0 Å². The average molecular weight is 126 g/mol. The van der Waals surface area contributed by atoms with Crippen LogP contribution in [-0.2, 0) is 4.79 Å². The molecule has 1 rings (SSSR count). The van der Waals surface area contributed by atoms with Gasteiger partial charge in [0.15, 0.2) is 0 Å². The molecule has 1 atom stereocenters. The van der Waals surface area contributed by atoms with E-state index in [0.29, 0.717) is 0 Å². The lowest BCUT2D eigenvalue weighted by Crippen LogP contribution is -2.31. The van der Waals surface area contributed by atoms with E-state index in [1.165, 1.54) is 5.01 Å². The maximum atomic E-state index is 10.9. The molecule has 1 amide bonds. The van der Waals surface area contributed by atoms with Gasteiger partial charge in [-0.15, -0.1) is 0 Å². The monoisotopic (exact) mass is 126 g/mol.